The Bertz CT molecular complexity index is 782. The quantitative estimate of drug-likeness (QED) is 0.498. The Morgan fingerprint density at radius 3 is 2.82 bits per heavy atom. The molecule has 0 unspecified atom stereocenters. The first-order valence-corrected chi connectivity index (χ1v) is 9.28. The maximum absolute atomic E-state index is 6.05. The molecule has 6 heteroatoms. The van der Waals surface area contributed by atoms with Gasteiger partial charge in [-0.15, -0.1) is 23.1 Å². The van der Waals surface area contributed by atoms with Gasteiger partial charge in [-0.3, -0.25) is 0 Å². The standard InChI is InChI=1S/C16H13Cl2NOS2/c1-10-15(4-5-20-10)21-8-12-9-22-16(19-12)7-11-2-3-13(17)14(18)6-11/h2-6,9H,7-8H2,1H3. The fraction of sp³-hybridized carbons (Fsp3) is 0.188. The summed E-state index contributed by atoms with van der Waals surface area (Å²) in [5.74, 6) is 1.80. The average molecular weight is 370 g/mol. The summed E-state index contributed by atoms with van der Waals surface area (Å²) in [7, 11) is 0. The molecule has 0 aliphatic carbocycles. The lowest BCUT2D eigenvalue weighted by molar-refractivity contribution is 0.527. The first-order valence-electron chi connectivity index (χ1n) is 6.66. The van der Waals surface area contributed by atoms with Crippen LogP contribution >= 0.6 is 46.3 Å². The van der Waals surface area contributed by atoms with Gasteiger partial charge in [0.05, 0.1) is 27.0 Å². The number of hydrogen-bond acceptors (Lipinski definition) is 4. The molecule has 3 rings (SSSR count). The van der Waals surface area contributed by atoms with E-state index < -0.39 is 0 Å². The molecule has 2 nitrogen and oxygen atoms in total. The Kier molecular flexibility index (Phi) is 5.14. The van der Waals surface area contributed by atoms with Crippen LogP contribution < -0.4 is 0 Å². The normalized spacial score (nSPS) is 11.0. The molecule has 0 aliphatic heterocycles. The first kappa shape index (κ1) is 15.9. The minimum Gasteiger partial charge on any atom is -0.468 e. The van der Waals surface area contributed by atoms with Crippen molar-refractivity contribution in [3.05, 3.63) is 68.0 Å². The Morgan fingerprint density at radius 2 is 2.09 bits per heavy atom. The predicted molar refractivity (Wildman–Crippen MR) is 94.4 cm³/mol. The van der Waals surface area contributed by atoms with Crippen molar-refractivity contribution in [2.75, 3.05) is 0 Å². The number of thiazole rings is 1. The number of nitrogens with zero attached hydrogens (tertiary/aromatic N) is 1. The zero-order valence-electron chi connectivity index (χ0n) is 11.8. The third kappa shape index (κ3) is 3.87. The van der Waals surface area contributed by atoms with E-state index in [4.69, 9.17) is 27.6 Å². The Hall–Kier alpha value is -0.940. The Morgan fingerprint density at radius 1 is 1.23 bits per heavy atom. The highest BCUT2D eigenvalue weighted by Crippen LogP contribution is 2.28. The predicted octanol–water partition coefficient (Wildman–Crippen LogP) is 6.23. The van der Waals surface area contributed by atoms with E-state index in [9.17, 15) is 0 Å². The maximum atomic E-state index is 6.05. The van der Waals surface area contributed by atoms with E-state index in [0.29, 0.717) is 10.0 Å². The van der Waals surface area contributed by atoms with Crippen LogP contribution in [0.1, 0.15) is 22.0 Å². The smallest absolute Gasteiger partial charge is 0.114 e. The summed E-state index contributed by atoms with van der Waals surface area (Å²) in [5, 5.41) is 4.35. The Labute approximate surface area is 147 Å². The molecule has 1 aromatic carbocycles. The van der Waals surface area contributed by atoms with Crippen molar-refractivity contribution >= 4 is 46.3 Å². The van der Waals surface area contributed by atoms with Gasteiger partial charge in [0.1, 0.15) is 5.76 Å². The summed E-state index contributed by atoms with van der Waals surface area (Å²) in [5.41, 5.74) is 2.21. The van der Waals surface area contributed by atoms with E-state index in [1.807, 2.05) is 31.2 Å². The molecule has 0 saturated carbocycles. The molecule has 22 heavy (non-hydrogen) atoms. The van der Waals surface area contributed by atoms with Gasteiger partial charge in [0.25, 0.3) is 0 Å². The summed E-state index contributed by atoms with van der Waals surface area (Å²) in [6.45, 7) is 1.97. The third-order valence-electron chi connectivity index (χ3n) is 3.13. The van der Waals surface area contributed by atoms with Crippen LogP contribution in [0.4, 0.5) is 0 Å². The molecule has 0 amide bonds. The van der Waals surface area contributed by atoms with Crippen LogP contribution in [0.25, 0.3) is 0 Å². The van der Waals surface area contributed by atoms with Gasteiger partial charge >= 0.3 is 0 Å². The number of benzene rings is 1. The topological polar surface area (TPSA) is 26.0 Å². The molecular weight excluding hydrogens is 357 g/mol. The van der Waals surface area contributed by atoms with E-state index in [1.165, 1.54) is 4.90 Å². The zero-order chi connectivity index (χ0) is 15.5. The van der Waals surface area contributed by atoms with Gasteiger partial charge in [-0.1, -0.05) is 29.3 Å². The van der Waals surface area contributed by atoms with Gasteiger partial charge in [0, 0.05) is 22.4 Å². The molecule has 0 spiro atoms. The molecule has 3 aromatic rings. The van der Waals surface area contributed by atoms with Crippen molar-refractivity contribution in [1.29, 1.82) is 0 Å². The van der Waals surface area contributed by atoms with Crippen LogP contribution in [-0.2, 0) is 12.2 Å². The van der Waals surface area contributed by atoms with Gasteiger partial charge in [-0.2, -0.15) is 0 Å². The molecule has 0 fully saturated rings. The van der Waals surface area contributed by atoms with E-state index in [2.05, 4.69) is 10.4 Å². The minimum absolute atomic E-state index is 0.581. The molecule has 0 atom stereocenters. The molecule has 0 saturated heterocycles. The molecule has 0 radical (unpaired) electrons. The number of furan rings is 1. The van der Waals surface area contributed by atoms with Crippen LogP contribution in [0.2, 0.25) is 10.0 Å². The van der Waals surface area contributed by atoms with Gasteiger partial charge in [-0.05, 0) is 30.7 Å². The molecule has 2 heterocycles. The van der Waals surface area contributed by atoms with Crippen molar-refractivity contribution in [3.8, 4) is 0 Å². The van der Waals surface area contributed by atoms with Crippen molar-refractivity contribution in [2.45, 2.75) is 24.0 Å². The summed E-state index contributed by atoms with van der Waals surface area (Å²) in [6.07, 6.45) is 2.49. The van der Waals surface area contributed by atoms with Gasteiger partial charge in [0.2, 0.25) is 0 Å². The van der Waals surface area contributed by atoms with Gasteiger partial charge < -0.3 is 4.42 Å². The monoisotopic (exact) mass is 369 g/mol. The zero-order valence-corrected chi connectivity index (χ0v) is 15.0. The maximum Gasteiger partial charge on any atom is 0.114 e. The van der Waals surface area contributed by atoms with Crippen LogP contribution in [0, 0.1) is 6.92 Å². The number of hydrogen-bond donors (Lipinski definition) is 0. The molecule has 0 bridgehead atoms. The lowest BCUT2D eigenvalue weighted by Gasteiger charge is -2.01. The molecule has 0 N–H and O–H groups in total. The summed E-state index contributed by atoms with van der Waals surface area (Å²) in [4.78, 5) is 5.84. The molecular formula is C16H13Cl2NOS2. The number of halogens is 2. The first-order chi connectivity index (χ1) is 10.6. The second-order valence-electron chi connectivity index (χ2n) is 4.79. The Balaban J connectivity index is 1.63. The highest BCUT2D eigenvalue weighted by atomic mass is 35.5. The van der Waals surface area contributed by atoms with Crippen molar-refractivity contribution in [3.63, 3.8) is 0 Å². The lowest BCUT2D eigenvalue weighted by atomic mass is 10.2. The number of aromatic nitrogens is 1. The summed E-state index contributed by atoms with van der Waals surface area (Å²) in [6, 6.07) is 7.70. The average Bonchev–Trinajstić information content (AvgIpc) is 3.10. The fourth-order valence-electron chi connectivity index (χ4n) is 2.00. The third-order valence-corrected chi connectivity index (χ3v) is 5.94. The van der Waals surface area contributed by atoms with Gasteiger partial charge in [0.15, 0.2) is 0 Å². The highest BCUT2D eigenvalue weighted by Gasteiger charge is 2.07. The number of aryl methyl sites for hydroxylation is 1. The lowest BCUT2D eigenvalue weighted by Crippen LogP contribution is -1.89. The molecule has 2 aromatic heterocycles. The van der Waals surface area contributed by atoms with Gasteiger partial charge in [-0.25, -0.2) is 4.98 Å². The second-order valence-corrected chi connectivity index (χ2v) is 7.56. The summed E-state index contributed by atoms with van der Waals surface area (Å²) < 4.78 is 5.30. The van der Waals surface area contributed by atoms with Crippen molar-refractivity contribution in [2.24, 2.45) is 0 Å². The van der Waals surface area contributed by atoms with E-state index in [1.54, 1.807) is 29.4 Å². The van der Waals surface area contributed by atoms with Crippen LogP contribution in [0.5, 0.6) is 0 Å². The van der Waals surface area contributed by atoms with Crippen LogP contribution in [-0.4, -0.2) is 4.98 Å². The SMILES string of the molecule is Cc1occc1SCc1csc(Cc2ccc(Cl)c(Cl)c2)n1. The van der Waals surface area contributed by atoms with E-state index >= 15 is 0 Å². The summed E-state index contributed by atoms with van der Waals surface area (Å²) >= 11 is 15.4. The largest absolute Gasteiger partial charge is 0.468 e. The number of rotatable bonds is 5. The molecule has 114 valence electrons. The highest BCUT2D eigenvalue weighted by molar-refractivity contribution is 7.98. The fourth-order valence-corrected chi connectivity index (χ4v) is 4.10. The van der Waals surface area contributed by atoms with Crippen molar-refractivity contribution < 1.29 is 4.42 Å². The molecule has 0 aliphatic rings. The second kappa shape index (κ2) is 7.09. The van der Waals surface area contributed by atoms with E-state index in [0.717, 1.165) is 34.2 Å². The van der Waals surface area contributed by atoms with E-state index in [-0.39, 0.29) is 0 Å². The number of thioether (sulfide) groups is 1. The van der Waals surface area contributed by atoms with Crippen LogP contribution in [0.3, 0.4) is 0 Å². The van der Waals surface area contributed by atoms with Crippen LogP contribution in [0.15, 0.2) is 45.2 Å². The van der Waals surface area contributed by atoms with Crippen molar-refractivity contribution in [1.82, 2.24) is 4.98 Å². The minimum atomic E-state index is 0.581.